The summed E-state index contributed by atoms with van der Waals surface area (Å²) in [5, 5.41) is 1.16. The molecule has 0 saturated carbocycles. The van der Waals surface area contributed by atoms with Crippen molar-refractivity contribution in [2.24, 2.45) is 0 Å². The van der Waals surface area contributed by atoms with Crippen LogP contribution in [0.2, 0.25) is 5.02 Å². The van der Waals surface area contributed by atoms with Gasteiger partial charge in [-0.1, -0.05) is 11.6 Å². The van der Waals surface area contributed by atoms with Crippen molar-refractivity contribution in [1.29, 1.82) is 0 Å². The molecule has 2 aromatic carbocycles. The Bertz CT molecular complexity index is 1220. The van der Waals surface area contributed by atoms with E-state index in [1.165, 1.54) is 12.1 Å². The topological polar surface area (TPSA) is 89.0 Å². The number of aromatic nitrogens is 4. The smallest absolute Gasteiger partial charge is 0.145 e. The molecule has 0 aliphatic heterocycles. The molecule has 0 aliphatic carbocycles. The lowest BCUT2D eigenvalue weighted by molar-refractivity contribution is 0.300. The molecule has 0 radical (unpaired) electrons. The van der Waals surface area contributed by atoms with E-state index in [0.717, 1.165) is 28.1 Å². The highest BCUT2D eigenvalue weighted by Gasteiger charge is 2.03. The Labute approximate surface area is 181 Å². The predicted molar refractivity (Wildman–Crippen MR) is 113 cm³/mol. The molecule has 0 atom stereocenters. The van der Waals surface area contributed by atoms with E-state index in [1.54, 1.807) is 37.4 Å². The van der Waals surface area contributed by atoms with E-state index in [4.69, 9.17) is 25.5 Å². The summed E-state index contributed by atoms with van der Waals surface area (Å²) in [6.07, 6.45) is 8.32. The number of benzene rings is 2. The standard InChI is InChI=1S/C12H10N2O2.C10H8ClFN2O/c1-2-11(5-12-9(1)3-4-15-12)16-7-10-6-13-8-14-10;11-9-2-1-8(3-10(9)12)15-5-7-4-13-6-14-7/h1-6,8H,7H2,(H,13,14);1-4,6H,5H2,(H,13,14). The fourth-order valence-corrected chi connectivity index (χ4v) is 2.76. The first kappa shape index (κ1) is 20.5. The normalized spacial score (nSPS) is 10.5. The summed E-state index contributed by atoms with van der Waals surface area (Å²) in [5.74, 6) is 0.730. The summed E-state index contributed by atoms with van der Waals surface area (Å²) >= 11 is 5.53. The van der Waals surface area contributed by atoms with Gasteiger partial charge in [0.2, 0.25) is 0 Å². The monoisotopic (exact) mass is 440 g/mol. The first-order valence-corrected chi connectivity index (χ1v) is 9.68. The molecule has 3 aromatic heterocycles. The van der Waals surface area contributed by atoms with E-state index in [0.29, 0.717) is 19.0 Å². The molecule has 158 valence electrons. The van der Waals surface area contributed by atoms with Crippen molar-refractivity contribution in [2.75, 3.05) is 0 Å². The number of hydrogen-bond donors (Lipinski definition) is 2. The molecule has 0 aliphatic rings. The quantitative estimate of drug-likeness (QED) is 0.363. The van der Waals surface area contributed by atoms with Gasteiger partial charge in [-0.2, -0.15) is 0 Å². The van der Waals surface area contributed by atoms with Crippen LogP contribution in [0.15, 0.2) is 78.2 Å². The van der Waals surface area contributed by atoms with Gasteiger partial charge in [-0.3, -0.25) is 0 Å². The second-order valence-electron chi connectivity index (χ2n) is 6.41. The zero-order valence-electron chi connectivity index (χ0n) is 16.2. The fraction of sp³-hybridized carbons (Fsp3) is 0.0909. The van der Waals surface area contributed by atoms with Gasteiger partial charge < -0.3 is 23.9 Å². The zero-order valence-corrected chi connectivity index (χ0v) is 17.0. The molecular weight excluding hydrogens is 423 g/mol. The largest absolute Gasteiger partial charge is 0.487 e. The minimum Gasteiger partial charge on any atom is -0.487 e. The molecule has 0 unspecified atom stereocenters. The van der Waals surface area contributed by atoms with Crippen molar-refractivity contribution in [3.8, 4) is 11.5 Å². The number of fused-ring (bicyclic) bond motifs is 1. The van der Waals surface area contributed by atoms with Crippen molar-refractivity contribution in [3.05, 3.63) is 96.0 Å². The average molecular weight is 441 g/mol. The van der Waals surface area contributed by atoms with Crippen LogP contribution in [-0.2, 0) is 13.2 Å². The van der Waals surface area contributed by atoms with Crippen LogP contribution < -0.4 is 9.47 Å². The van der Waals surface area contributed by atoms with Gasteiger partial charge in [0.15, 0.2) is 0 Å². The zero-order chi connectivity index (χ0) is 21.5. The highest BCUT2D eigenvalue weighted by atomic mass is 35.5. The number of halogens is 2. The number of hydrogen-bond acceptors (Lipinski definition) is 5. The van der Waals surface area contributed by atoms with E-state index >= 15 is 0 Å². The van der Waals surface area contributed by atoms with Crippen LogP contribution >= 0.6 is 11.6 Å². The number of furan rings is 1. The third kappa shape index (κ3) is 5.64. The number of aromatic amines is 2. The molecule has 3 heterocycles. The van der Waals surface area contributed by atoms with Crippen LogP contribution in [0.25, 0.3) is 11.0 Å². The number of ether oxygens (including phenoxy) is 2. The van der Waals surface area contributed by atoms with Crippen molar-refractivity contribution in [2.45, 2.75) is 13.2 Å². The molecule has 7 nitrogen and oxygen atoms in total. The Morgan fingerprint density at radius 2 is 1.84 bits per heavy atom. The number of nitrogens with one attached hydrogen (secondary N) is 2. The van der Waals surface area contributed by atoms with Gasteiger partial charge in [-0.15, -0.1) is 0 Å². The van der Waals surface area contributed by atoms with Crippen LogP contribution in [-0.4, -0.2) is 19.9 Å². The molecule has 31 heavy (non-hydrogen) atoms. The molecule has 0 spiro atoms. The summed E-state index contributed by atoms with van der Waals surface area (Å²) in [4.78, 5) is 13.7. The van der Waals surface area contributed by atoms with Crippen molar-refractivity contribution in [3.63, 3.8) is 0 Å². The molecule has 0 amide bonds. The third-order valence-corrected chi connectivity index (χ3v) is 4.52. The van der Waals surface area contributed by atoms with Gasteiger partial charge in [-0.05, 0) is 30.3 Å². The Kier molecular flexibility index (Phi) is 6.49. The summed E-state index contributed by atoms with van der Waals surface area (Å²) in [5.41, 5.74) is 2.53. The summed E-state index contributed by atoms with van der Waals surface area (Å²) in [7, 11) is 0. The van der Waals surface area contributed by atoms with E-state index in [1.807, 2.05) is 24.3 Å². The number of rotatable bonds is 6. The number of imidazole rings is 2. The Morgan fingerprint density at radius 1 is 1.00 bits per heavy atom. The lowest BCUT2D eigenvalue weighted by Gasteiger charge is -2.04. The molecule has 9 heteroatoms. The Hall–Kier alpha value is -3.78. The first-order chi connectivity index (χ1) is 15.2. The Morgan fingerprint density at radius 3 is 2.61 bits per heavy atom. The van der Waals surface area contributed by atoms with Gasteiger partial charge in [0.25, 0.3) is 0 Å². The fourth-order valence-electron chi connectivity index (χ4n) is 2.64. The van der Waals surface area contributed by atoms with E-state index in [9.17, 15) is 4.39 Å². The number of H-pyrrole nitrogens is 2. The second kappa shape index (κ2) is 9.82. The van der Waals surface area contributed by atoms with Crippen molar-refractivity contribution in [1.82, 2.24) is 19.9 Å². The molecule has 0 fully saturated rings. The Balaban J connectivity index is 0.000000150. The van der Waals surface area contributed by atoms with E-state index in [-0.39, 0.29) is 5.02 Å². The van der Waals surface area contributed by atoms with Gasteiger partial charge in [0.05, 0.1) is 41.5 Å². The van der Waals surface area contributed by atoms with Crippen LogP contribution in [0, 0.1) is 5.82 Å². The van der Waals surface area contributed by atoms with Gasteiger partial charge in [-0.25, -0.2) is 14.4 Å². The summed E-state index contributed by atoms with van der Waals surface area (Å²) in [6, 6.07) is 12.0. The number of nitrogens with zero attached hydrogens (tertiary/aromatic N) is 2. The van der Waals surface area contributed by atoms with Gasteiger partial charge in [0.1, 0.15) is 36.1 Å². The lowest BCUT2D eigenvalue weighted by atomic mass is 10.2. The van der Waals surface area contributed by atoms with Crippen LogP contribution in [0.5, 0.6) is 11.5 Å². The summed E-state index contributed by atoms with van der Waals surface area (Å²) < 4.78 is 29.2. The molecule has 2 N–H and O–H groups in total. The highest BCUT2D eigenvalue weighted by Crippen LogP contribution is 2.22. The van der Waals surface area contributed by atoms with Crippen LogP contribution in [0.3, 0.4) is 0 Å². The second-order valence-corrected chi connectivity index (χ2v) is 6.82. The molecule has 5 aromatic rings. The van der Waals surface area contributed by atoms with Crippen molar-refractivity contribution >= 4 is 22.6 Å². The SMILES string of the molecule is Fc1cc(OCc2c[nH]cn2)ccc1Cl.c1ncc(COc2ccc3ccoc3c2)[nH]1. The van der Waals surface area contributed by atoms with E-state index < -0.39 is 5.82 Å². The highest BCUT2D eigenvalue weighted by molar-refractivity contribution is 6.30. The molecule has 0 bridgehead atoms. The van der Waals surface area contributed by atoms with Gasteiger partial charge in [0, 0.05) is 23.7 Å². The summed E-state index contributed by atoms with van der Waals surface area (Å²) in [6.45, 7) is 0.775. The third-order valence-electron chi connectivity index (χ3n) is 4.21. The van der Waals surface area contributed by atoms with Crippen LogP contribution in [0.4, 0.5) is 4.39 Å². The first-order valence-electron chi connectivity index (χ1n) is 9.30. The maximum atomic E-state index is 13.0. The van der Waals surface area contributed by atoms with E-state index in [2.05, 4.69) is 19.9 Å². The minimum atomic E-state index is -0.490. The maximum absolute atomic E-state index is 13.0. The van der Waals surface area contributed by atoms with Gasteiger partial charge >= 0.3 is 0 Å². The molecule has 5 rings (SSSR count). The van der Waals surface area contributed by atoms with Crippen molar-refractivity contribution < 1.29 is 18.3 Å². The minimum absolute atomic E-state index is 0.0853. The average Bonchev–Trinajstić information content (AvgIpc) is 3.55. The molecular formula is C22H18ClFN4O3. The molecule has 0 saturated heterocycles. The lowest BCUT2D eigenvalue weighted by Crippen LogP contribution is -1.95. The van der Waals surface area contributed by atoms with Crippen LogP contribution in [0.1, 0.15) is 11.4 Å². The predicted octanol–water partition coefficient (Wildman–Crippen LogP) is 5.52. The maximum Gasteiger partial charge on any atom is 0.145 e.